The molecule has 0 bridgehead atoms. The van der Waals surface area contributed by atoms with Crippen molar-refractivity contribution in [1.29, 1.82) is 0 Å². The lowest BCUT2D eigenvalue weighted by Crippen LogP contribution is -2.31. The molecular weight excluding hydrogens is 212 g/mol. The van der Waals surface area contributed by atoms with Gasteiger partial charge >= 0.3 is 5.97 Å². The first kappa shape index (κ1) is 11.8. The minimum absolute atomic E-state index is 0.0783. The molecule has 6 heteroatoms. The number of benzene rings is 1. The highest BCUT2D eigenvalue weighted by molar-refractivity contribution is 5.96. The van der Waals surface area contributed by atoms with Gasteiger partial charge in [0.25, 0.3) is 5.91 Å². The van der Waals surface area contributed by atoms with Crippen LogP contribution in [0.3, 0.4) is 0 Å². The van der Waals surface area contributed by atoms with Crippen molar-refractivity contribution >= 4 is 17.6 Å². The minimum Gasteiger partial charge on any atom is -0.506 e. The highest BCUT2D eigenvalue weighted by Gasteiger charge is 2.15. The number of aliphatic carboxylic acids is 1. The van der Waals surface area contributed by atoms with Gasteiger partial charge < -0.3 is 20.8 Å². The van der Waals surface area contributed by atoms with E-state index in [0.717, 1.165) is 4.90 Å². The van der Waals surface area contributed by atoms with Gasteiger partial charge in [0, 0.05) is 12.6 Å². The molecule has 0 heterocycles. The molecule has 1 rings (SSSR count). The Balaban J connectivity index is 2.88. The molecular formula is C10H12N2O4. The Bertz CT molecular complexity index is 431. The number of carbonyl (C=O) groups is 2. The molecule has 0 atom stereocenters. The second-order valence-corrected chi connectivity index (χ2v) is 3.33. The number of likely N-dealkylation sites (N-methyl/N-ethyl adjacent to an activating group) is 1. The number of aromatic hydroxyl groups is 1. The van der Waals surface area contributed by atoms with Gasteiger partial charge in [0.05, 0.1) is 5.69 Å². The minimum atomic E-state index is -1.09. The van der Waals surface area contributed by atoms with E-state index in [2.05, 4.69) is 0 Å². The number of phenolic OH excluding ortho intramolecular Hbond substituents is 1. The van der Waals surface area contributed by atoms with Gasteiger partial charge in [-0.3, -0.25) is 9.59 Å². The van der Waals surface area contributed by atoms with Gasteiger partial charge in [0.1, 0.15) is 12.3 Å². The molecule has 0 aliphatic carbocycles. The summed E-state index contributed by atoms with van der Waals surface area (Å²) >= 11 is 0. The zero-order valence-electron chi connectivity index (χ0n) is 8.67. The van der Waals surface area contributed by atoms with E-state index in [1.54, 1.807) is 0 Å². The topological polar surface area (TPSA) is 104 Å². The number of anilines is 1. The molecule has 16 heavy (non-hydrogen) atoms. The molecule has 0 aliphatic rings. The Morgan fingerprint density at radius 1 is 1.44 bits per heavy atom. The number of carbonyl (C=O) groups excluding carboxylic acids is 1. The van der Waals surface area contributed by atoms with E-state index >= 15 is 0 Å². The SMILES string of the molecule is CN(CC(=O)O)C(=O)c1ccc(O)c(N)c1. The number of carboxylic acids is 1. The van der Waals surface area contributed by atoms with Crippen LogP contribution in [0, 0.1) is 0 Å². The number of phenols is 1. The zero-order valence-corrected chi connectivity index (χ0v) is 8.67. The average Bonchev–Trinajstić information content (AvgIpc) is 2.20. The van der Waals surface area contributed by atoms with Crippen LogP contribution in [0.25, 0.3) is 0 Å². The van der Waals surface area contributed by atoms with Crippen molar-refractivity contribution in [3.8, 4) is 5.75 Å². The van der Waals surface area contributed by atoms with Gasteiger partial charge in [-0.05, 0) is 18.2 Å². The third-order valence-corrected chi connectivity index (χ3v) is 1.99. The van der Waals surface area contributed by atoms with Crippen LogP contribution in [0.4, 0.5) is 5.69 Å². The molecule has 0 saturated carbocycles. The Kier molecular flexibility index (Phi) is 3.34. The fourth-order valence-electron chi connectivity index (χ4n) is 1.18. The summed E-state index contributed by atoms with van der Waals surface area (Å²) in [6, 6.07) is 3.97. The van der Waals surface area contributed by atoms with E-state index in [-0.39, 0.29) is 23.5 Å². The van der Waals surface area contributed by atoms with Crippen molar-refractivity contribution in [3.63, 3.8) is 0 Å². The number of rotatable bonds is 3. The second-order valence-electron chi connectivity index (χ2n) is 3.33. The summed E-state index contributed by atoms with van der Waals surface area (Å²) in [7, 11) is 1.37. The predicted octanol–water partition coefficient (Wildman–Crippen LogP) is 0.131. The Morgan fingerprint density at radius 2 is 2.06 bits per heavy atom. The van der Waals surface area contributed by atoms with E-state index in [1.807, 2.05) is 0 Å². The molecule has 0 saturated heterocycles. The molecule has 1 aromatic carbocycles. The first-order valence-electron chi connectivity index (χ1n) is 4.47. The van der Waals surface area contributed by atoms with Gasteiger partial charge in [-0.2, -0.15) is 0 Å². The molecule has 0 radical (unpaired) electrons. The van der Waals surface area contributed by atoms with Crippen LogP contribution >= 0.6 is 0 Å². The largest absolute Gasteiger partial charge is 0.506 e. The molecule has 1 aromatic rings. The van der Waals surface area contributed by atoms with Crippen molar-refractivity contribution in [1.82, 2.24) is 4.90 Å². The third-order valence-electron chi connectivity index (χ3n) is 1.99. The number of nitrogens with two attached hydrogens (primary N) is 1. The lowest BCUT2D eigenvalue weighted by Gasteiger charge is -2.14. The summed E-state index contributed by atoms with van der Waals surface area (Å²) in [6.45, 7) is -0.389. The molecule has 1 amide bonds. The summed E-state index contributed by atoms with van der Waals surface area (Å²) in [5.41, 5.74) is 5.74. The number of amides is 1. The van der Waals surface area contributed by atoms with Crippen molar-refractivity contribution in [2.75, 3.05) is 19.3 Å². The zero-order chi connectivity index (χ0) is 12.3. The van der Waals surface area contributed by atoms with E-state index in [0.29, 0.717) is 0 Å². The van der Waals surface area contributed by atoms with Gasteiger partial charge in [0.15, 0.2) is 0 Å². The van der Waals surface area contributed by atoms with Crippen LogP contribution in [-0.2, 0) is 4.79 Å². The molecule has 0 fully saturated rings. The van der Waals surface area contributed by atoms with Crippen molar-refractivity contribution < 1.29 is 19.8 Å². The van der Waals surface area contributed by atoms with Crippen LogP contribution in [0.5, 0.6) is 5.75 Å². The fraction of sp³-hybridized carbons (Fsp3) is 0.200. The molecule has 6 nitrogen and oxygen atoms in total. The van der Waals surface area contributed by atoms with E-state index < -0.39 is 11.9 Å². The van der Waals surface area contributed by atoms with E-state index in [9.17, 15) is 9.59 Å². The number of nitrogen functional groups attached to an aromatic ring is 1. The molecule has 0 aromatic heterocycles. The van der Waals surface area contributed by atoms with E-state index in [1.165, 1.54) is 25.2 Å². The highest BCUT2D eigenvalue weighted by atomic mass is 16.4. The molecule has 0 unspecified atom stereocenters. The molecule has 86 valence electrons. The molecule has 4 N–H and O–H groups in total. The monoisotopic (exact) mass is 224 g/mol. The Hall–Kier alpha value is -2.24. The normalized spacial score (nSPS) is 9.81. The van der Waals surface area contributed by atoms with Gasteiger partial charge in [0.2, 0.25) is 0 Å². The van der Waals surface area contributed by atoms with Gasteiger partial charge in [-0.25, -0.2) is 0 Å². The van der Waals surface area contributed by atoms with Crippen LogP contribution < -0.4 is 5.73 Å². The number of hydrogen-bond donors (Lipinski definition) is 3. The highest BCUT2D eigenvalue weighted by Crippen LogP contribution is 2.20. The standard InChI is InChI=1S/C10H12N2O4/c1-12(5-9(14)15)10(16)6-2-3-8(13)7(11)4-6/h2-4,13H,5,11H2,1H3,(H,14,15). The number of hydrogen-bond acceptors (Lipinski definition) is 4. The van der Waals surface area contributed by atoms with Crippen LogP contribution in [0.2, 0.25) is 0 Å². The van der Waals surface area contributed by atoms with Gasteiger partial charge in [-0.15, -0.1) is 0 Å². The summed E-state index contributed by atoms with van der Waals surface area (Å²) in [6.07, 6.45) is 0. The second kappa shape index (κ2) is 4.52. The van der Waals surface area contributed by atoms with Crippen molar-refractivity contribution in [2.45, 2.75) is 0 Å². The van der Waals surface area contributed by atoms with Crippen molar-refractivity contribution in [2.24, 2.45) is 0 Å². The summed E-state index contributed by atoms with van der Waals surface area (Å²) < 4.78 is 0. The maximum Gasteiger partial charge on any atom is 0.323 e. The quantitative estimate of drug-likeness (QED) is 0.500. The lowest BCUT2D eigenvalue weighted by atomic mass is 10.1. The Morgan fingerprint density at radius 3 is 2.56 bits per heavy atom. The smallest absolute Gasteiger partial charge is 0.323 e. The molecule has 0 spiro atoms. The van der Waals surface area contributed by atoms with Crippen molar-refractivity contribution in [3.05, 3.63) is 23.8 Å². The first-order valence-corrected chi connectivity index (χ1v) is 4.47. The van der Waals surface area contributed by atoms with Crippen LogP contribution in [0.15, 0.2) is 18.2 Å². The predicted molar refractivity (Wildman–Crippen MR) is 57.1 cm³/mol. The lowest BCUT2D eigenvalue weighted by molar-refractivity contribution is -0.137. The third kappa shape index (κ3) is 2.63. The molecule has 0 aliphatic heterocycles. The number of carboxylic acid groups (broad SMARTS) is 1. The average molecular weight is 224 g/mol. The maximum absolute atomic E-state index is 11.7. The van der Waals surface area contributed by atoms with E-state index in [4.69, 9.17) is 15.9 Å². The fourth-order valence-corrected chi connectivity index (χ4v) is 1.18. The maximum atomic E-state index is 11.7. The summed E-state index contributed by atoms with van der Waals surface area (Å²) in [4.78, 5) is 23.1. The van der Waals surface area contributed by atoms with Crippen LogP contribution in [-0.4, -0.2) is 40.6 Å². The first-order chi connectivity index (χ1) is 7.41. The van der Waals surface area contributed by atoms with Crippen LogP contribution in [0.1, 0.15) is 10.4 Å². The summed E-state index contributed by atoms with van der Waals surface area (Å²) in [5.74, 6) is -1.67. The summed E-state index contributed by atoms with van der Waals surface area (Å²) in [5, 5.41) is 17.7. The van der Waals surface area contributed by atoms with Gasteiger partial charge in [-0.1, -0.05) is 0 Å². The Labute approximate surface area is 91.9 Å². The number of nitrogens with zero attached hydrogens (tertiary/aromatic N) is 1.